The lowest BCUT2D eigenvalue weighted by Crippen LogP contribution is -2.49. The van der Waals surface area contributed by atoms with Crippen LogP contribution < -0.4 is 5.32 Å². The van der Waals surface area contributed by atoms with E-state index in [-0.39, 0.29) is 0 Å². The third-order valence-corrected chi connectivity index (χ3v) is 4.66. The first kappa shape index (κ1) is 15.7. The van der Waals surface area contributed by atoms with Gasteiger partial charge in [0.05, 0.1) is 11.3 Å². The van der Waals surface area contributed by atoms with Crippen molar-refractivity contribution in [2.24, 2.45) is 5.92 Å². The zero-order valence-electron chi connectivity index (χ0n) is 12.0. The molecular formula is C16H19ClN2O2. The molecule has 1 aromatic carbocycles. The summed E-state index contributed by atoms with van der Waals surface area (Å²) < 4.78 is 0. The maximum Gasteiger partial charge on any atom is 0.329 e. The van der Waals surface area contributed by atoms with Crippen LogP contribution in [-0.2, 0) is 4.79 Å². The molecule has 0 saturated heterocycles. The monoisotopic (exact) mass is 306 g/mol. The Hall–Kier alpha value is -1.73. The number of nitrogens with zero attached hydrogens (tertiary/aromatic N) is 1. The lowest BCUT2D eigenvalue weighted by atomic mass is 9.75. The molecule has 0 spiro atoms. The number of carboxylic acids is 1. The Labute approximate surface area is 129 Å². The van der Waals surface area contributed by atoms with E-state index in [2.05, 4.69) is 18.3 Å². The lowest BCUT2D eigenvalue weighted by molar-refractivity contribution is -0.143. The fraction of sp³-hybridized carbons (Fsp3) is 0.500. The van der Waals surface area contributed by atoms with Crippen LogP contribution >= 0.6 is 11.6 Å². The number of benzene rings is 1. The number of hydrogen-bond donors (Lipinski definition) is 2. The third-order valence-electron chi connectivity index (χ3n) is 4.42. The normalized spacial score (nSPS) is 25.1. The third kappa shape index (κ3) is 3.30. The van der Waals surface area contributed by atoms with Crippen molar-refractivity contribution in [1.82, 2.24) is 0 Å². The van der Waals surface area contributed by atoms with Gasteiger partial charge >= 0.3 is 5.97 Å². The number of halogens is 1. The van der Waals surface area contributed by atoms with Gasteiger partial charge in [0.1, 0.15) is 11.6 Å². The number of hydrogen-bond acceptors (Lipinski definition) is 3. The average Bonchev–Trinajstić information content (AvgIpc) is 2.48. The Morgan fingerprint density at radius 2 is 2.19 bits per heavy atom. The van der Waals surface area contributed by atoms with Crippen molar-refractivity contribution in [2.45, 2.75) is 44.6 Å². The highest BCUT2D eigenvalue weighted by molar-refractivity contribution is 6.30. The number of nitriles is 1. The van der Waals surface area contributed by atoms with Crippen LogP contribution in [0.4, 0.5) is 5.69 Å². The van der Waals surface area contributed by atoms with Gasteiger partial charge < -0.3 is 10.4 Å². The second-order valence-corrected chi connectivity index (χ2v) is 6.10. The minimum atomic E-state index is -0.998. The van der Waals surface area contributed by atoms with Crippen LogP contribution in [0.3, 0.4) is 0 Å². The second kappa shape index (κ2) is 6.36. The Balaban J connectivity index is 2.28. The van der Waals surface area contributed by atoms with Gasteiger partial charge in [0.2, 0.25) is 0 Å². The van der Waals surface area contributed by atoms with E-state index in [9.17, 15) is 9.90 Å². The molecule has 5 heteroatoms. The number of rotatable bonds is 4. The molecule has 2 N–H and O–H groups in total. The molecule has 1 aliphatic carbocycles. The van der Waals surface area contributed by atoms with Gasteiger partial charge in [-0.25, -0.2) is 4.79 Å². The van der Waals surface area contributed by atoms with Gasteiger partial charge in [-0.15, -0.1) is 0 Å². The molecule has 1 saturated carbocycles. The largest absolute Gasteiger partial charge is 0.480 e. The maximum atomic E-state index is 11.8. The van der Waals surface area contributed by atoms with E-state index < -0.39 is 11.5 Å². The highest BCUT2D eigenvalue weighted by Crippen LogP contribution is 2.37. The number of aliphatic carboxylic acids is 1. The van der Waals surface area contributed by atoms with Crippen molar-refractivity contribution >= 4 is 23.3 Å². The SMILES string of the molecule is CCC1CCC(Nc2cc(Cl)ccc2C#N)(C(=O)O)CC1. The molecular weight excluding hydrogens is 288 g/mol. The standard InChI is InChI=1S/C16H19ClN2O2/c1-2-11-5-7-16(8-6-11,15(20)21)19-14-9-13(17)4-3-12(14)10-18/h3-4,9,11,19H,2,5-8H2,1H3,(H,20,21). The second-order valence-electron chi connectivity index (χ2n) is 5.67. The van der Waals surface area contributed by atoms with Crippen molar-refractivity contribution in [3.8, 4) is 6.07 Å². The predicted octanol–water partition coefficient (Wildman–Crippen LogP) is 4.05. The van der Waals surface area contributed by atoms with Crippen molar-refractivity contribution in [2.75, 3.05) is 5.32 Å². The van der Waals surface area contributed by atoms with E-state index in [1.807, 2.05) is 0 Å². The van der Waals surface area contributed by atoms with Crippen molar-refractivity contribution in [3.05, 3.63) is 28.8 Å². The van der Waals surface area contributed by atoms with Gasteiger partial charge in [-0.3, -0.25) is 0 Å². The van der Waals surface area contributed by atoms with Crippen LogP contribution in [0.2, 0.25) is 5.02 Å². The number of carbonyl (C=O) groups is 1. The van der Waals surface area contributed by atoms with E-state index in [0.717, 1.165) is 19.3 Å². The summed E-state index contributed by atoms with van der Waals surface area (Å²) >= 11 is 5.97. The van der Waals surface area contributed by atoms with E-state index in [0.29, 0.717) is 35.0 Å². The zero-order valence-corrected chi connectivity index (χ0v) is 12.8. The Kier molecular flexibility index (Phi) is 4.74. The smallest absolute Gasteiger partial charge is 0.329 e. The summed E-state index contributed by atoms with van der Waals surface area (Å²) in [6.07, 6.45) is 3.99. The molecule has 4 nitrogen and oxygen atoms in total. The van der Waals surface area contributed by atoms with Crippen LogP contribution in [0.25, 0.3) is 0 Å². The lowest BCUT2D eigenvalue weighted by Gasteiger charge is -2.38. The fourth-order valence-corrected chi connectivity index (χ4v) is 3.12. The Morgan fingerprint density at radius 3 is 2.71 bits per heavy atom. The van der Waals surface area contributed by atoms with Gasteiger partial charge in [0.15, 0.2) is 0 Å². The molecule has 112 valence electrons. The summed E-state index contributed by atoms with van der Waals surface area (Å²) in [7, 11) is 0. The predicted molar refractivity (Wildman–Crippen MR) is 82.4 cm³/mol. The molecule has 0 aromatic heterocycles. The molecule has 0 amide bonds. The molecule has 0 atom stereocenters. The first-order valence-corrected chi connectivity index (χ1v) is 7.60. The van der Waals surface area contributed by atoms with Gasteiger partial charge in [-0.2, -0.15) is 5.26 Å². The highest BCUT2D eigenvalue weighted by Gasteiger charge is 2.42. The van der Waals surface area contributed by atoms with E-state index in [1.165, 1.54) is 0 Å². The van der Waals surface area contributed by atoms with Crippen LogP contribution in [-0.4, -0.2) is 16.6 Å². The molecule has 1 aliphatic rings. The molecule has 21 heavy (non-hydrogen) atoms. The fourth-order valence-electron chi connectivity index (χ4n) is 2.95. The zero-order chi connectivity index (χ0) is 15.5. The minimum Gasteiger partial charge on any atom is -0.480 e. The molecule has 1 fully saturated rings. The molecule has 1 aromatic rings. The van der Waals surface area contributed by atoms with E-state index >= 15 is 0 Å². The van der Waals surface area contributed by atoms with Crippen molar-refractivity contribution < 1.29 is 9.90 Å². The molecule has 0 aliphatic heterocycles. The average molecular weight is 307 g/mol. The molecule has 0 bridgehead atoms. The summed E-state index contributed by atoms with van der Waals surface area (Å²) in [5.41, 5.74) is -0.0814. The Morgan fingerprint density at radius 1 is 1.52 bits per heavy atom. The first-order valence-electron chi connectivity index (χ1n) is 7.22. The Bertz CT molecular complexity index is 572. The number of carboxylic acid groups (broad SMARTS) is 1. The topological polar surface area (TPSA) is 73.1 Å². The van der Waals surface area contributed by atoms with Gasteiger partial charge in [-0.05, 0) is 49.8 Å². The number of anilines is 1. The minimum absolute atomic E-state index is 0.414. The van der Waals surface area contributed by atoms with Crippen LogP contribution in [0, 0.1) is 17.2 Å². The van der Waals surface area contributed by atoms with E-state index in [4.69, 9.17) is 16.9 Å². The number of nitrogens with one attached hydrogen (secondary N) is 1. The summed E-state index contributed by atoms with van der Waals surface area (Å²) in [5, 5.41) is 22.4. The first-order chi connectivity index (χ1) is 10.0. The van der Waals surface area contributed by atoms with Crippen LogP contribution in [0.1, 0.15) is 44.6 Å². The summed E-state index contributed by atoms with van der Waals surface area (Å²) in [6.45, 7) is 2.14. The van der Waals surface area contributed by atoms with Crippen molar-refractivity contribution in [3.63, 3.8) is 0 Å². The molecule has 0 heterocycles. The summed E-state index contributed by atoms with van der Waals surface area (Å²) in [6, 6.07) is 6.94. The van der Waals surface area contributed by atoms with Gasteiger partial charge in [0.25, 0.3) is 0 Å². The van der Waals surface area contributed by atoms with Crippen molar-refractivity contribution in [1.29, 1.82) is 5.26 Å². The highest BCUT2D eigenvalue weighted by atomic mass is 35.5. The van der Waals surface area contributed by atoms with Gasteiger partial charge in [-0.1, -0.05) is 24.9 Å². The van der Waals surface area contributed by atoms with E-state index in [1.54, 1.807) is 18.2 Å². The molecule has 2 rings (SSSR count). The maximum absolute atomic E-state index is 11.8. The van der Waals surface area contributed by atoms with Crippen LogP contribution in [0.15, 0.2) is 18.2 Å². The molecule has 0 radical (unpaired) electrons. The van der Waals surface area contributed by atoms with Crippen LogP contribution in [0.5, 0.6) is 0 Å². The summed E-state index contributed by atoms with van der Waals surface area (Å²) in [5.74, 6) is -0.269. The molecule has 0 unspecified atom stereocenters. The quantitative estimate of drug-likeness (QED) is 0.880. The van der Waals surface area contributed by atoms with Gasteiger partial charge in [0, 0.05) is 5.02 Å². The summed E-state index contributed by atoms with van der Waals surface area (Å²) in [4.78, 5) is 11.8.